The third-order valence-electron chi connectivity index (χ3n) is 1.78. The number of rotatable bonds is 2. The highest BCUT2D eigenvalue weighted by Crippen LogP contribution is 2.21. The van der Waals surface area contributed by atoms with Gasteiger partial charge in [-0.25, -0.2) is 9.97 Å². The van der Waals surface area contributed by atoms with Gasteiger partial charge in [0.2, 0.25) is 0 Å². The Morgan fingerprint density at radius 2 is 2.13 bits per heavy atom. The Morgan fingerprint density at radius 3 is 2.87 bits per heavy atom. The Morgan fingerprint density at radius 1 is 1.27 bits per heavy atom. The highest BCUT2D eigenvalue weighted by atomic mass is 79.9. The summed E-state index contributed by atoms with van der Waals surface area (Å²) in [7, 11) is 0. The number of ether oxygens (including phenoxy) is 1. The summed E-state index contributed by atoms with van der Waals surface area (Å²) >= 11 is 3.37. The van der Waals surface area contributed by atoms with E-state index in [4.69, 9.17) is 4.74 Å². The van der Waals surface area contributed by atoms with Gasteiger partial charge in [0.25, 0.3) is 0 Å². The summed E-state index contributed by atoms with van der Waals surface area (Å²) in [5.41, 5.74) is 0.884. The van der Waals surface area contributed by atoms with Gasteiger partial charge in [0.15, 0.2) is 0 Å². The van der Waals surface area contributed by atoms with Crippen LogP contribution in [0.4, 0.5) is 0 Å². The van der Waals surface area contributed by atoms with Crippen molar-refractivity contribution in [2.24, 2.45) is 0 Å². The molecule has 0 radical (unpaired) electrons. The third kappa shape index (κ3) is 2.76. The van der Waals surface area contributed by atoms with Crippen LogP contribution in [0.1, 0.15) is 5.69 Å². The Hall–Kier alpha value is -1.42. The zero-order valence-corrected chi connectivity index (χ0v) is 9.73. The van der Waals surface area contributed by atoms with Gasteiger partial charge < -0.3 is 4.74 Å². The fourth-order valence-electron chi connectivity index (χ4n) is 1.11. The van der Waals surface area contributed by atoms with E-state index in [1.54, 1.807) is 6.20 Å². The number of aryl methyl sites for hydroxylation is 1. The van der Waals surface area contributed by atoms with Crippen LogP contribution < -0.4 is 4.74 Å². The average molecular weight is 265 g/mol. The zero-order valence-electron chi connectivity index (χ0n) is 8.14. The van der Waals surface area contributed by atoms with Crippen molar-refractivity contribution in [1.82, 2.24) is 9.97 Å². The van der Waals surface area contributed by atoms with Crippen molar-refractivity contribution in [3.8, 4) is 11.8 Å². The van der Waals surface area contributed by atoms with Crippen LogP contribution in [-0.2, 0) is 0 Å². The van der Waals surface area contributed by atoms with Crippen molar-refractivity contribution in [3.05, 3.63) is 46.7 Å². The van der Waals surface area contributed by atoms with Gasteiger partial charge in [-0.1, -0.05) is 22.0 Å². The van der Waals surface area contributed by atoms with Gasteiger partial charge in [-0.2, -0.15) is 0 Å². The summed E-state index contributed by atoms with van der Waals surface area (Å²) in [5, 5.41) is 0. The normalized spacial score (nSPS) is 10.0. The molecule has 0 fully saturated rings. The third-order valence-corrected chi connectivity index (χ3v) is 2.27. The van der Waals surface area contributed by atoms with Crippen LogP contribution >= 0.6 is 15.9 Å². The van der Waals surface area contributed by atoms with Crippen LogP contribution in [0, 0.1) is 6.92 Å². The maximum Gasteiger partial charge on any atom is 0.322 e. The molecule has 76 valence electrons. The highest BCUT2D eigenvalue weighted by molar-refractivity contribution is 9.10. The van der Waals surface area contributed by atoms with Crippen LogP contribution in [0.25, 0.3) is 0 Å². The van der Waals surface area contributed by atoms with Gasteiger partial charge in [0.1, 0.15) is 5.75 Å². The van der Waals surface area contributed by atoms with Crippen LogP contribution in [0.5, 0.6) is 11.8 Å². The van der Waals surface area contributed by atoms with Crippen molar-refractivity contribution < 1.29 is 4.74 Å². The molecule has 4 heteroatoms. The quantitative estimate of drug-likeness (QED) is 0.835. The Kier molecular flexibility index (Phi) is 2.97. The van der Waals surface area contributed by atoms with Gasteiger partial charge in [-0.3, -0.25) is 0 Å². The molecule has 0 aliphatic rings. The van der Waals surface area contributed by atoms with E-state index in [0.717, 1.165) is 15.9 Å². The molecule has 0 aliphatic carbocycles. The molecule has 0 saturated carbocycles. The van der Waals surface area contributed by atoms with Crippen molar-refractivity contribution in [1.29, 1.82) is 0 Å². The molecule has 0 unspecified atom stereocenters. The molecule has 0 atom stereocenters. The molecule has 15 heavy (non-hydrogen) atoms. The molecular formula is C11H9BrN2O. The van der Waals surface area contributed by atoms with Crippen molar-refractivity contribution in [2.75, 3.05) is 0 Å². The lowest BCUT2D eigenvalue weighted by molar-refractivity contribution is 0.440. The first-order valence-corrected chi connectivity index (χ1v) is 5.26. The molecule has 0 spiro atoms. The predicted octanol–water partition coefficient (Wildman–Crippen LogP) is 3.34. The summed E-state index contributed by atoms with van der Waals surface area (Å²) in [6.45, 7) is 1.90. The SMILES string of the molecule is Cc1ccnc(Oc2cccc(Br)c2)n1. The van der Waals surface area contributed by atoms with E-state index in [1.807, 2.05) is 37.3 Å². The summed E-state index contributed by atoms with van der Waals surface area (Å²) in [5.74, 6) is 0.718. The molecule has 0 N–H and O–H groups in total. The molecule has 1 aromatic carbocycles. The van der Waals surface area contributed by atoms with E-state index < -0.39 is 0 Å². The number of halogens is 1. The minimum Gasteiger partial charge on any atom is -0.424 e. The van der Waals surface area contributed by atoms with Gasteiger partial charge in [0, 0.05) is 16.4 Å². The largest absolute Gasteiger partial charge is 0.424 e. The number of aromatic nitrogens is 2. The first kappa shape index (κ1) is 10.1. The van der Waals surface area contributed by atoms with Crippen LogP contribution in [0.2, 0.25) is 0 Å². The smallest absolute Gasteiger partial charge is 0.322 e. The summed E-state index contributed by atoms with van der Waals surface area (Å²) in [4.78, 5) is 8.17. The molecule has 2 rings (SSSR count). The highest BCUT2D eigenvalue weighted by Gasteiger charge is 2.00. The summed E-state index contributed by atoms with van der Waals surface area (Å²) in [6, 6.07) is 9.75. The van der Waals surface area contributed by atoms with Crippen molar-refractivity contribution >= 4 is 15.9 Å². The van der Waals surface area contributed by atoms with Gasteiger partial charge >= 0.3 is 6.01 Å². The number of benzene rings is 1. The average Bonchev–Trinajstić information content (AvgIpc) is 2.17. The van der Waals surface area contributed by atoms with E-state index in [9.17, 15) is 0 Å². The van der Waals surface area contributed by atoms with Crippen LogP contribution in [0.15, 0.2) is 41.0 Å². The number of nitrogens with zero attached hydrogens (tertiary/aromatic N) is 2. The molecule has 1 heterocycles. The summed E-state index contributed by atoms with van der Waals surface area (Å²) in [6.07, 6.45) is 1.68. The zero-order chi connectivity index (χ0) is 10.7. The van der Waals surface area contributed by atoms with Gasteiger partial charge in [-0.05, 0) is 31.2 Å². The molecule has 2 aromatic rings. The van der Waals surface area contributed by atoms with E-state index in [2.05, 4.69) is 25.9 Å². The number of hydrogen-bond donors (Lipinski definition) is 0. The molecule has 0 amide bonds. The minimum atomic E-state index is 0.369. The lowest BCUT2D eigenvalue weighted by Gasteiger charge is -2.03. The molecule has 0 bridgehead atoms. The van der Waals surface area contributed by atoms with Gasteiger partial charge in [-0.15, -0.1) is 0 Å². The van der Waals surface area contributed by atoms with Crippen molar-refractivity contribution in [2.45, 2.75) is 6.92 Å². The molecular weight excluding hydrogens is 256 g/mol. The first-order valence-electron chi connectivity index (χ1n) is 4.47. The standard InChI is InChI=1S/C11H9BrN2O/c1-8-5-6-13-11(14-8)15-10-4-2-3-9(12)7-10/h2-7H,1H3. The second kappa shape index (κ2) is 4.40. The minimum absolute atomic E-state index is 0.369. The van der Waals surface area contributed by atoms with E-state index >= 15 is 0 Å². The van der Waals surface area contributed by atoms with E-state index in [0.29, 0.717) is 6.01 Å². The Labute approximate surface area is 96.3 Å². The monoisotopic (exact) mass is 264 g/mol. The first-order chi connectivity index (χ1) is 7.24. The second-order valence-corrected chi connectivity index (χ2v) is 3.96. The van der Waals surface area contributed by atoms with Gasteiger partial charge in [0.05, 0.1) is 0 Å². The maximum atomic E-state index is 5.49. The lowest BCUT2D eigenvalue weighted by atomic mass is 10.3. The molecule has 1 aromatic heterocycles. The van der Waals surface area contributed by atoms with Crippen LogP contribution in [0.3, 0.4) is 0 Å². The number of hydrogen-bond acceptors (Lipinski definition) is 3. The maximum absolute atomic E-state index is 5.49. The molecule has 3 nitrogen and oxygen atoms in total. The fourth-order valence-corrected chi connectivity index (χ4v) is 1.49. The Bertz CT molecular complexity index is 430. The Balaban J connectivity index is 2.22. The summed E-state index contributed by atoms with van der Waals surface area (Å²) < 4.78 is 6.45. The van der Waals surface area contributed by atoms with E-state index in [1.165, 1.54) is 0 Å². The van der Waals surface area contributed by atoms with Crippen molar-refractivity contribution in [3.63, 3.8) is 0 Å². The molecule has 0 aliphatic heterocycles. The fraction of sp³-hybridized carbons (Fsp3) is 0.0909. The van der Waals surface area contributed by atoms with Crippen LogP contribution in [-0.4, -0.2) is 9.97 Å². The second-order valence-electron chi connectivity index (χ2n) is 3.04. The topological polar surface area (TPSA) is 35.0 Å². The predicted molar refractivity (Wildman–Crippen MR) is 61.0 cm³/mol. The molecule has 0 saturated heterocycles. The van der Waals surface area contributed by atoms with E-state index in [-0.39, 0.29) is 0 Å². The lowest BCUT2D eigenvalue weighted by Crippen LogP contribution is -1.92.